The van der Waals surface area contributed by atoms with Crippen molar-refractivity contribution in [3.05, 3.63) is 42.7 Å². The molecule has 0 aliphatic carbocycles. The summed E-state index contributed by atoms with van der Waals surface area (Å²) in [5, 5.41) is 9.73. The first kappa shape index (κ1) is 14.7. The Labute approximate surface area is 133 Å². The Kier molecular flexibility index (Phi) is 4.01. The zero-order valence-electron chi connectivity index (χ0n) is 12.6. The molecule has 0 saturated heterocycles. The molecule has 7 heteroatoms. The van der Waals surface area contributed by atoms with E-state index in [1.54, 1.807) is 25.4 Å². The molecule has 0 bridgehead atoms. The van der Waals surface area contributed by atoms with Gasteiger partial charge in [0.2, 0.25) is 11.9 Å². The Hall–Kier alpha value is -3.22. The molecule has 1 aromatic carbocycles. The van der Waals surface area contributed by atoms with Crippen LogP contribution in [0.2, 0.25) is 0 Å². The third-order valence-electron chi connectivity index (χ3n) is 3.34. The van der Waals surface area contributed by atoms with Gasteiger partial charge < -0.3 is 5.73 Å². The number of rotatable bonds is 4. The lowest BCUT2D eigenvalue weighted by atomic mass is 10.1. The smallest absolute Gasteiger partial charge is 0.229 e. The maximum atomic E-state index is 11.5. The fourth-order valence-electron chi connectivity index (χ4n) is 2.13. The number of anilines is 2. The first-order valence-corrected chi connectivity index (χ1v) is 7.20. The van der Waals surface area contributed by atoms with Crippen LogP contribution >= 0.6 is 0 Å². The Morgan fingerprint density at radius 2 is 2.04 bits per heavy atom. The average Bonchev–Trinajstić information content (AvgIpc) is 3.05. The molecule has 0 spiro atoms. The number of hydrogen-bond acceptors (Lipinski definition) is 5. The molecule has 0 aliphatic rings. The number of carbonyl (C=O) groups is 1. The topological polar surface area (TPSA) is 110 Å². The second-order valence-corrected chi connectivity index (χ2v) is 4.95. The molecule has 0 saturated carbocycles. The molecule has 2 heterocycles. The number of aromatic amines is 1. The van der Waals surface area contributed by atoms with Gasteiger partial charge in [-0.15, -0.1) is 0 Å². The van der Waals surface area contributed by atoms with Gasteiger partial charge in [-0.2, -0.15) is 5.10 Å². The fourth-order valence-corrected chi connectivity index (χ4v) is 2.13. The Bertz CT molecular complexity index is 825. The van der Waals surface area contributed by atoms with Crippen LogP contribution in [0.4, 0.5) is 11.6 Å². The standard InChI is InChI=1S/C16H16N6O/c1-2-14(23)21-16-18-8-7-13(20-16)12-9-19-22-15(12)10-3-5-11(17)6-4-10/h3-9H,2,17H2,1H3,(H,19,22)(H,18,20,21,23). The van der Waals surface area contributed by atoms with Crippen molar-refractivity contribution in [2.45, 2.75) is 13.3 Å². The molecule has 3 aromatic rings. The Balaban J connectivity index is 1.97. The van der Waals surface area contributed by atoms with E-state index in [0.717, 1.165) is 16.8 Å². The van der Waals surface area contributed by atoms with E-state index in [1.807, 2.05) is 24.3 Å². The fraction of sp³-hybridized carbons (Fsp3) is 0.125. The van der Waals surface area contributed by atoms with Gasteiger partial charge in [-0.05, 0) is 18.2 Å². The van der Waals surface area contributed by atoms with Gasteiger partial charge in [0.1, 0.15) is 0 Å². The minimum absolute atomic E-state index is 0.131. The summed E-state index contributed by atoms with van der Waals surface area (Å²) in [6, 6.07) is 9.24. The molecule has 0 fully saturated rings. The first-order valence-electron chi connectivity index (χ1n) is 7.20. The lowest BCUT2D eigenvalue weighted by Crippen LogP contribution is -2.12. The van der Waals surface area contributed by atoms with Crippen LogP contribution in [0.25, 0.3) is 22.5 Å². The number of benzene rings is 1. The van der Waals surface area contributed by atoms with Crippen LogP contribution in [0.15, 0.2) is 42.7 Å². The van der Waals surface area contributed by atoms with Crippen molar-refractivity contribution >= 4 is 17.5 Å². The highest BCUT2D eigenvalue weighted by atomic mass is 16.1. The van der Waals surface area contributed by atoms with E-state index in [2.05, 4.69) is 25.5 Å². The number of nitrogens with zero attached hydrogens (tertiary/aromatic N) is 3. The normalized spacial score (nSPS) is 10.5. The van der Waals surface area contributed by atoms with Gasteiger partial charge in [0.05, 0.1) is 17.6 Å². The Morgan fingerprint density at radius 3 is 2.78 bits per heavy atom. The monoisotopic (exact) mass is 308 g/mol. The summed E-state index contributed by atoms with van der Waals surface area (Å²) in [5.41, 5.74) is 9.69. The summed E-state index contributed by atoms with van der Waals surface area (Å²) in [6.07, 6.45) is 3.67. The molecule has 0 aliphatic heterocycles. The summed E-state index contributed by atoms with van der Waals surface area (Å²) in [4.78, 5) is 19.9. The van der Waals surface area contributed by atoms with Crippen LogP contribution in [0.5, 0.6) is 0 Å². The molecule has 23 heavy (non-hydrogen) atoms. The summed E-state index contributed by atoms with van der Waals surface area (Å²) in [5.74, 6) is 0.145. The number of H-pyrrole nitrogens is 1. The van der Waals surface area contributed by atoms with Crippen LogP contribution in [-0.2, 0) is 4.79 Å². The van der Waals surface area contributed by atoms with E-state index in [4.69, 9.17) is 5.73 Å². The van der Waals surface area contributed by atoms with Crippen molar-refractivity contribution in [1.82, 2.24) is 20.2 Å². The molecule has 116 valence electrons. The third-order valence-corrected chi connectivity index (χ3v) is 3.34. The molecule has 2 aromatic heterocycles. The highest BCUT2D eigenvalue weighted by Crippen LogP contribution is 2.29. The molecule has 7 nitrogen and oxygen atoms in total. The van der Waals surface area contributed by atoms with Gasteiger partial charge in [0, 0.05) is 29.4 Å². The van der Waals surface area contributed by atoms with Gasteiger partial charge in [-0.3, -0.25) is 15.2 Å². The van der Waals surface area contributed by atoms with Gasteiger partial charge >= 0.3 is 0 Å². The molecular weight excluding hydrogens is 292 g/mol. The van der Waals surface area contributed by atoms with Crippen molar-refractivity contribution in [1.29, 1.82) is 0 Å². The number of amides is 1. The van der Waals surface area contributed by atoms with Gasteiger partial charge in [0.25, 0.3) is 0 Å². The number of nitrogens with one attached hydrogen (secondary N) is 2. The number of nitrogen functional groups attached to an aromatic ring is 1. The van der Waals surface area contributed by atoms with E-state index < -0.39 is 0 Å². The molecule has 4 N–H and O–H groups in total. The quantitative estimate of drug-likeness (QED) is 0.641. The zero-order valence-corrected chi connectivity index (χ0v) is 12.6. The second kappa shape index (κ2) is 6.27. The third kappa shape index (κ3) is 3.18. The number of hydrogen-bond donors (Lipinski definition) is 3. The number of carbonyl (C=O) groups excluding carboxylic acids is 1. The molecule has 0 unspecified atom stereocenters. The predicted molar refractivity (Wildman–Crippen MR) is 88.4 cm³/mol. The predicted octanol–water partition coefficient (Wildman–Crippen LogP) is 2.46. The highest BCUT2D eigenvalue weighted by molar-refractivity contribution is 5.89. The summed E-state index contributed by atoms with van der Waals surface area (Å²) >= 11 is 0. The number of aromatic nitrogens is 4. The summed E-state index contributed by atoms with van der Waals surface area (Å²) < 4.78 is 0. The minimum atomic E-state index is -0.131. The van der Waals surface area contributed by atoms with Gasteiger partial charge in [0.15, 0.2) is 0 Å². The van der Waals surface area contributed by atoms with Crippen molar-refractivity contribution in [2.75, 3.05) is 11.1 Å². The molecular formula is C16H16N6O. The van der Waals surface area contributed by atoms with E-state index in [-0.39, 0.29) is 11.9 Å². The van der Waals surface area contributed by atoms with E-state index in [9.17, 15) is 4.79 Å². The molecule has 3 rings (SSSR count). The molecule has 0 radical (unpaired) electrons. The maximum Gasteiger partial charge on any atom is 0.229 e. The SMILES string of the molecule is CCC(=O)Nc1nccc(-c2cn[nH]c2-c2ccc(N)cc2)n1. The average molecular weight is 308 g/mol. The van der Waals surface area contributed by atoms with Crippen molar-refractivity contribution in [3.63, 3.8) is 0 Å². The van der Waals surface area contributed by atoms with Crippen molar-refractivity contribution in [2.24, 2.45) is 0 Å². The first-order chi connectivity index (χ1) is 11.2. The zero-order chi connectivity index (χ0) is 16.2. The van der Waals surface area contributed by atoms with E-state index >= 15 is 0 Å². The lowest BCUT2D eigenvalue weighted by Gasteiger charge is -2.06. The Morgan fingerprint density at radius 1 is 1.26 bits per heavy atom. The maximum absolute atomic E-state index is 11.5. The van der Waals surface area contributed by atoms with E-state index in [1.165, 1.54) is 0 Å². The molecule has 0 atom stereocenters. The molecule has 1 amide bonds. The van der Waals surface area contributed by atoms with Crippen LogP contribution < -0.4 is 11.1 Å². The summed E-state index contributed by atoms with van der Waals surface area (Å²) in [7, 11) is 0. The van der Waals surface area contributed by atoms with Crippen molar-refractivity contribution < 1.29 is 4.79 Å². The van der Waals surface area contributed by atoms with Crippen molar-refractivity contribution in [3.8, 4) is 22.5 Å². The van der Waals surface area contributed by atoms with Crippen LogP contribution in [0.3, 0.4) is 0 Å². The number of nitrogens with two attached hydrogens (primary N) is 1. The van der Waals surface area contributed by atoms with Crippen LogP contribution in [0, 0.1) is 0 Å². The lowest BCUT2D eigenvalue weighted by molar-refractivity contribution is -0.115. The van der Waals surface area contributed by atoms with Crippen LogP contribution in [0.1, 0.15) is 13.3 Å². The van der Waals surface area contributed by atoms with Crippen LogP contribution in [-0.4, -0.2) is 26.1 Å². The largest absolute Gasteiger partial charge is 0.399 e. The van der Waals surface area contributed by atoms with Gasteiger partial charge in [-0.1, -0.05) is 19.1 Å². The summed E-state index contributed by atoms with van der Waals surface area (Å²) in [6.45, 7) is 1.77. The van der Waals surface area contributed by atoms with E-state index in [0.29, 0.717) is 17.8 Å². The second-order valence-electron chi connectivity index (χ2n) is 4.95. The highest BCUT2D eigenvalue weighted by Gasteiger charge is 2.12. The minimum Gasteiger partial charge on any atom is -0.399 e. The van der Waals surface area contributed by atoms with Gasteiger partial charge in [-0.25, -0.2) is 9.97 Å².